The molecule has 1 aliphatic carbocycles. The fourth-order valence-corrected chi connectivity index (χ4v) is 3.13. The Morgan fingerprint density at radius 3 is 2.61 bits per heavy atom. The Balaban J connectivity index is 2.15. The van der Waals surface area contributed by atoms with Crippen LogP contribution < -0.4 is 4.72 Å². The van der Waals surface area contributed by atoms with Gasteiger partial charge in [-0.1, -0.05) is 15.9 Å². The van der Waals surface area contributed by atoms with E-state index in [0.29, 0.717) is 4.47 Å². The fourth-order valence-electron chi connectivity index (χ4n) is 1.59. The van der Waals surface area contributed by atoms with Crippen molar-refractivity contribution in [1.29, 1.82) is 0 Å². The van der Waals surface area contributed by atoms with Crippen LogP contribution >= 0.6 is 15.9 Å². The van der Waals surface area contributed by atoms with E-state index < -0.39 is 15.8 Å². The SMILES string of the molecule is O=S(=O)(NCC1(CO)CC1)c1ccc(Br)cc1F. The summed E-state index contributed by atoms with van der Waals surface area (Å²) in [6.07, 6.45) is 1.57. The molecule has 0 spiro atoms. The lowest BCUT2D eigenvalue weighted by atomic mass is 10.1. The van der Waals surface area contributed by atoms with Gasteiger partial charge in [0.2, 0.25) is 10.0 Å². The van der Waals surface area contributed by atoms with Gasteiger partial charge in [-0.3, -0.25) is 0 Å². The van der Waals surface area contributed by atoms with Crippen molar-refractivity contribution in [3.8, 4) is 0 Å². The monoisotopic (exact) mass is 337 g/mol. The number of benzene rings is 1. The van der Waals surface area contributed by atoms with Gasteiger partial charge in [-0.25, -0.2) is 17.5 Å². The third kappa shape index (κ3) is 2.90. The average molecular weight is 338 g/mol. The minimum Gasteiger partial charge on any atom is -0.396 e. The van der Waals surface area contributed by atoms with E-state index in [2.05, 4.69) is 20.7 Å². The number of aliphatic hydroxyl groups excluding tert-OH is 1. The van der Waals surface area contributed by atoms with Crippen LogP contribution in [0.3, 0.4) is 0 Å². The average Bonchev–Trinajstić information content (AvgIpc) is 3.07. The van der Waals surface area contributed by atoms with Gasteiger partial charge in [0.25, 0.3) is 0 Å². The lowest BCUT2D eigenvalue weighted by Gasteiger charge is -2.13. The van der Waals surface area contributed by atoms with E-state index in [1.54, 1.807) is 0 Å². The van der Waals surface area contributed by atoms with Crippen LogP contribution in [0.5, 0.6) is 0 Å². The van der Waals surface area contributed by atoms with Gasteiger partial charge in [0, 0.05) is 23.0 Å². The Labute approximate surface area is 113 Å². The summed E-state index contributed by atoms with van der Waals surface area (Å²) in [5, 5.41) is 9.10. The number of nitrogens with one attached hydrogen (secondary N) is 1. The molecule has 7 heteroatoms. The smallest absolute Gasteiger partial charge is 0.243 e. The van der Waals surface area contributed by atoms with E-state index in [-0.39, 0.29) is 23.5 Å². The number of halogens is 2. The molecule has 0 amide bonds. The zero-order valence-electron chi connectivity index (χ0n) is 9.49. The second-order valence-electron chi connectivity index (χ2n) is 4.56. The van der Waals surface area contributed by atoms with Crippen LogP contribution in [0.2, 0.25) is 0 Å². The topological polar surface area (TPSA) is 66.4 Å². The molecule has 1 saturated carbocycles. The zero-order chi connectivity index (χ0) is 13.4. The third-order valence-electron chi connectivity index (χ3n) is 3.11. The van der Waals surface area contributed by atoms with Crippen molar-refractivity contribution in [2.75, 3.05) is 13.2 Å². The molecule has 0 bridgehead atoms. The van der Waals surface area contributed by atoms with Crippen molar-refractivity contribution in [1.82, 2.24) is 4.72 Å². The first kappa shape index (κ1) is 13.9. The first-order valence-corrected chi connectivity index (χ1v) is 7.72. The van der Waals surface area contributed by atoms with Crippen molar-refractivity contribution in [2.45, 2.75) is 17.7 Å². The van der Waals surface area contributed by atoms with Gasteiger partial charge in [0.15, 0.2) is 0 Å². The summed E-state index contributed by atoms with van der Waals surface area (Å²) in [5.41, 5.74) is -0.348. The van der Waals surface area contributed by atoms with Gasteiger partial charge >= 0.3 is 0 Å². The Bertz CT molecular complexity index is 557. The third-order valence-corrected chi connectivity index (χ3v) is 5.04. The predicted molar refractivity (Wildman–Crippen MR) is 68.0 cm³/mol. The molecule has 1 fully saturated rings. The number of sulfonamides is 1. The van der Waals surface area contributed by atoms with E-state index in [4.69, 9.17) is 5.11 Å². The first-order chi connectivity index (χ1) is 8.38. The van der Waals surface area contributed by atoms with Crippen LogP contribution in [-0.2, 0) is 10.0 Å². The van der Waals surface area contributed by atoms with E-state index in [0.717, 1.165) is 18.9 Å². The molecule has 0 saturated heterocycles. The van der Waals surface area contributed by atoms with Crippen molar-refractivity contribution in [3.05, 3.63) is 28.5 Å². The van der Waals surface area contributed by atoms with Crippen molar-refractivity contribution < 1.29 is 17.9 Å². The number of hydrogen-bond donors (Lipinski definition) is 2. The summed E-state index contributed by atoms with van der Waals surface area (Å²) in [4.78, 5) is -0.376. The zero-order valence-corrected chi connectivity index (χ0v) is 11.9. The van der Waals surface area contributed by atoms with Gasteiger partial charge in [0.05, 0.1) is 0 Å². The largest absolute Gasteiger partial charge is 0.396 e. The summed E-state index contributed by atoms with van der Waals surface area (Å²) < 4.78 is 40.2. The Kier molecular flexibility index (Phi) is 3.77. The highest BCUT2D eigenvalue weighted by molar-refractivity contribution is 9.10. The Morgan fingerprint density at radius 2 is 2.11 bits per heavy atom. The molecule has 100 valence electrons. The molecule has 0 heterocycles. The number of aliphatic hydroxyl groups is 1. The Hall–Kier alpha value is -0.500. The number of rotatable bonds is 5. The van der Waals surface area contributed by atoms with Gasteiger partial charge < -0.3 is 5.11 Å². The standard InChI is InChI=1S/C11H13BrFNO3S/c12-8-1-2-10(9(13)5-8)18(16,17)14-6-11(7-15)3-4-11/h1-2,5,14-15H,3-4,6-7H2. The lowest BCUT2D eigenvalue weighted by Crippen LogP contribution is -2.32. The van der Waals surface area contributed by atoms with Gasteiger partial charge in [0.1, 0.15) is 10.7 Å². The van der Waals surface area contributed by atoms with Crippen LogP contribution in [0, 0.1) is 11.2 Å². The van der Waals surface area contributed by atoms with Crippen LogP contribution in [0.15, 0.2) is 27.6 Å². The minimum absolute atomic E-state index is 0.0572. The normalized spacial score (nSPS) is 17.7. The number of hydrogen-bond acceptors (Lipinski definition) is 3. The molecule has 2 N–H and O–H groups in total. The second-order valence-corrected chi connectivity index (χ2v) is 7.21. The fraction of sp³-hybridized carbons (Fsp3) is 0.455. The molecule has 1 aliphatic rings. The molecule has 1 aromatic rings. The molecule has 2 rings (SSSR count). The maximum absolute atomic E-state index is 13.6. The molecule has 0 aliphatic heterocycles. The molecule has 4 nitrogen and oxygen atoms in total. The van der Waals surface area contributed by atoms with Crippen molar-refractivity contribution in [3.63, 3.8) is 0 Å². The second kappa shape index (κ2) is 4.88. The highest BCUT2D eigenvalue weighted by Gasteiger charge is 2.42. The molecular weight excluding hydrogens is 325 g/mol. The highest BCUT2D eigenvalue weighted by atomic mass is 79.9. The summed E-state index contributed by atoms with van der Waals surface area (Å²) in [6.45, 7) is 0.0830. The van der Waals surface area contributed by atoms with Gasteiger partial charge in [-0.2, -0.15) is 0 Å². The first-order valence-electron chi connectivity index (χ1n) is 5.44. The minimum atomic E-state index is -3.87. The van der Waals surface area contributed by atoms with Gasteiger partial charge in [-0.15, -0.1) is 0 Å². The maximum Gasteiger partial charge on any atom is 0.243 e. The lowest BCUT2D eigenvalue weighted by molar-refractivity contribution is 0.213. The van der Waals surface area contributed by atoms with Gasteiger partial charge in [-0.05, 0) is 31.0 Å². The molecule has 1 aromatic carbocycles. The molecule has 0 radical (unpaired) electrons. The van der Waals surface area contributed by atoms with E-state index in [1.807, 2.05) is 0 Å². The van der Waals surface area contributed by atoms with Crippen molar-refractivity contribution >= 4 is 26.0 Å². The van der Waals surface area contributed by atoms with E-state index >= 15 is 0 Å². The van der Waals surface area contributed by atoms with Crippen LogP contribution in [-0.4, -0.2) is 26.7 Å². The van der Waals surface area contributed by atoms with Crippen molar-refractivity contribution in [2.24, 2.45) is 5.41 Å². The van der Waals surface area contributed by atoms with Crippen LogP contribution in [0.4, 0.5) is 4.39 Å². The summed E-state index contributed by atoms with van der Waals surface area (Å²) in [6, 6.07) is 3.78. The molecule has 0 aromatic heterocycles. The Morgan fingerprint density at radius 1 is 1.44 bits per heavy atom. The van der Waals surface area contributed by atoms with E-state index in [9.17, 15) is 12.8 Å². The highest BCUT2D eigenvalue weighted by Crippen LogP contribution is 2.44. The maximum atomic E-state index is 13.6. The quantitative estimate of drug-likeness (QED) is 0.858. The summed E-state index contributed by atoms with van der Waals surface area (Å²) in [7, 11) is -3.87. The molecule has 18 heavy (non-hydrogen) atoms. The molecule has 0 atom stereocenters. The van der Waals surface area contributed by atoms with Crippen LogP contribution in [0.25, 0.3) is 0 Å². The summed E-state index contributed by atoms with van der Waals surface area (Å²) in [5.74, 6) is -0.800. The molecule has 0 unspecified atom stereocenters. The van der Waals surface area contributed by atoms with Crippen LogP contribution in [0.1, 0.15) is 12.8 Å². The summed E-state index contributed by atoms with van der Waals surface area (Å²) >= 11 is 3.07. The molecular formula is C11H13BrFNO3S. The van der Waals surface area contributed by atoms with E-state index in [1.165, 1.54) is 12.1 Å². The predicted octanol–water partition coefficient (Wildman–Crippen LogP) is 1.64.